The maximum Gasteiger partial charge on any atom is 0.331 e. The first-order chi connectivity index (χ1) is 6.61. The zero-order valence-electron chi connectivity index (χ0n) is 7.17. The molecule has 1 atom stereocenters. The number of carbonyl (C=O) groups is 2. The Labute approximate surface area is 80.3 Å². The fourth-order valence-electron chi connectivity index (χ4n) is 1.10. The van der Waals surface area contributed by atoms with Crippen molar-refractivity contribution in [1.82, 2.24) is 9.80 Å². The Balaban J connectivity index is 2.82. The number of rotatable bonds is 2. The molecule has 1 heterocycles. The molecule has 0 saturated carbocycles. The molecular formula is C8H7N3O3. The van der Waals surface area contributed by atoms with Crippen molar-refractivity contribution in [2.75, 3.05) is 13.1 Å². The van der Waals surface area contributed by atoms with Gasteiger partial charge in [0.2, 0.25) is 6.23 Å². The van der Waals surface area contributed by atoms with Gasteiger partial charge in [-0.05, 0) is 0 Å². The summed E-state index contributed by atoms with van der Waals surface area (Å²) in [5.41, 5.74) is 0. The highest BCUT2D eigenvalue weighted by molar-refractivity contribution is 6.02. The van der Waals surface area contributed by atoms with Crippen molar-refractivity contribution in [2.24, 2.45) is 0 Å². The molecule has 0 radical (unpaired) electrons. The highest BCUT2D eigenvalue weighted by atomic mass is 16.3. The van der Waals surface area contributed by atoms with Crippen molar-refractivity contribution in [3.05, 3.63) is 0 Å². The zero-order valence-corrected chi connectivity index (χ0v) is 7.17. The molecule has 1 rings (SSSR count). The van der Waals surface area contributed by atoms with E-state index >= 15 is 0 Å². The molecule has 0 bridgehead atoms. The summed E-state index contributed by atoms with van der Waals surface area (Å²) < 4.78 is 0. The Bertz CT molecular complexity index is 352. The average Bonchev–Trinajstić information content (AvgIpc) is 2.42. The number of imide groups is 1. The number of hydrogen-bond donors (Lipinski definition) is 1. The van der Waals surface area contributed by atoms with Gasteiger partial charge in [-0.3, -0.25) is 4.79 Å². The van der Waals surface area contributed by atoms with Crippen LogP contribution in [0.15, 0.2) is 0 Å². The van der Waals surface area contributed by atoms with Crippen LogP contribution >= 0.6 is 0 Å². The predicted molar refractivity (Wildman–Crippen MR) is 44.3 cm³/mol. The Hall–Kier alpha value is -2.05. The molecule has 0 aromatic rings. The summed E-state index contributed by atoms with van der Waals surface area (Å²) in [7, 11) is 0. The van der Waals surface area contributed by atoms with Crippen LogP contribution in [0.25, 0.3) is 0 Å². The van der Waals surface area contributed by atoms with Gasteiger partial charge in [0, 0.05) is 0 Å². The lowest BCUT2D eigenvalue weighted by Gasteiger charge is -2.15. The van der Waals surface area contributed by atoms with Crippen LogP contribution in [-0.2, 0) is 4.79 Å². The lowest BCUT2D eigenvalue weighted by atomic mass is 10.5. The van der Waals surface area contributed by atoms with Crippen molar-refractivity contribution in [3.8, 4) is 18.4 Å². The Morgan fingerprint density at radius 3 is 2.79 bits per heavy atom. The van der Waals surface area contributed by atoms with E-state index in [1.54, 1.807) is 0 Å². The van der Waals surface area contributed by atoms with Gasteiger partial charge in [0.15, 0.2) is 0 Å². The van der Waals surface area contributed by atoms with Crippen LogP contribution in [0.1, 0.15) is 0 Å². The van der Waals surface area contributed by atoms with Crippen molar-refractivity contribution >= 4 is 11.9 Å². The Kier molecular flexibility index (Phi) is 2.70. The maximum atomic E-state index is 11.3. The summed E-state index contributed by atoms with van der Waals surface area (Å²) in [4.78, 5) is 24.0. The van der Waals surface area contributed by atoms with Crippen molar-refractivity contribution in [2.45, 2.75) is 6.23 Å². The lowest BCUT2D eigenvalue weighted by Crippen LogP contribution is -2.40. The second-order valence-electron chi connectivity index (χ2n) is 2.61. The van der Waals surface area contributed by atoms with Crippen LogP contribution in [-0.4, -0.2) is 46.2 Å². The number of nitrogens with zero attached hydrogens (tertiary/aromatic N) is 3. The van der Waals surface area contributed by atoms with E-state index < -0.39 is 18.2 Å². The highest BCUT2D eigenvalue weighted by Gasteiger charge is 2.39. The van der Waals surface area contributed by atoms with Gasteiger partial charge in [-0.2, -0.15) is 5.26 Å². The van der Waals surface area contributed by atoms with E-state index in [-0.39, 0.29) is 13.1 Å². The summed E-state index contributed by atoms with van der Waals surface area (Å²) >= 11 is 0. The average molecular weight is 193 g/mol. The second kappa shape index (κ2) is 3.77. The predicted octanol–water partition coefficient (Wildman–Crippen LogP) is -1.27. The third-order valence-electron chi connectivity index (χ3n) is 1.71. The Morgan fingerprint density at radius 2 is 2.29 bits per heavy atom. The molecule has 1 unspecified atom stereocenters. The first-order valence-corrected chi connectivity index (χ1v) is 3.74. The van der Waals surface area contributed by atoms with Crippen LogP contribution < -0.4 is 0 Å². The van der Waals surface area contributed by atoms with E-state index in [0.717, 1.165) is 4.90 Å². The molecular weight excluding hydrogens is 186 g/mol. The molecule has 6 heteroatoms. The Morgan fingerprint density at radius 1 is 1.64 bits per heavy atom. The fourth-order valence-corrected chi connectivity index (χ4v) is 1.10. The summed E-state index contributed by atoms with van der Waals surface area (Å²) in [6, 6.07) is 0.658. The third kappa shape index (κ3) is 1.51. The number of aliphatic hydroxyl groups excluding tert-OH is 1. The van der Waals surface area contributed by atoms with Crippen LogP contribution in [0, 0.1) is 23.7 Å². The largest absolute Gasteiger partial charge is 0.361 e. The maximum absolute atomic E-state index is 11.3. The van der Waals surface area contributed by atoms with Gasteiger partial charge in [-0.25, -0.2) is 9.69 Å². The smallest absolute Gasteiger partial charge is 0.331 e. The van der Waals surface area contributed by atoms with Gasteiger partial charge < -0.3 is 10.0 Å². The summed E-state index contributed by atoms with van der Waals surface area (Å²) in [6.45, 7) is -0.207. The third-order valence-corrected chi connectivity index (χ3v) is 1.71. The number of amides is 3. The topological polar surface area (TPSA) is 84.6 Å². The number of carbonyl (C=O) groups excluding carboxylic acids is 2. The van der Waals surface area contributed by atoms with Crippen LogP contribution in [0.2, 0.25) is 0 Å². The second-order valence-corrected chi connectivity index (χ2v) is 2.61. The van der Waals surface area contributed by atoms with E-state index in [2.05, 4.69) is 5.92 Å². The molecule has 72 valence electrons. The molecule has 0 aromatic carbocycles. The number of urea groups is 1. The van der Waals surface area contributed by atoms with Gasteiger partial charge in [-0.1, -0.05) is 5.92 Å². The molecule has 1 aliphatic heterocycles. The highest BCUT2D eigenvalue weighted by Crippen LogP contribution is 2.11. The van der Waals surface area contributed by atoms with Crippen LogP contribution in [0.3, 0.4) is 0 Å². The van der Waals surface area contributed by atoms with Gasteiger partial charge >= 0.3 is 6.03 Å². The standard InChI is InChI=1S/C8H7N3O3/c1-2-3-10-5-7(13)11(8(10)14)6(12)4-9/h1,6,12H,3,5H2. The first-order valence-electron chi connectivity index (χ1n) is 3.74. The molecule has 0 spiro atoms. The van der Waals surface area contributed by atoms with E-state index in [4.69, 9.17) is 16.8 Å². The molecule has 1 saturated heterocycles. The number of nitriles is 1. The number of hydrogen-bond acceptors (Lipinski definition) is 4. The van der Waals surface area contributed by atoms with Crippen LogP contribution in [0.5, 0.6) is 0 Å². The monoisotopic (exact) mass is 193 g/mol. The molecule has 6 nitrogen and oxygen atoms in total. The molecule has 1 fully saturated rings. The molecule has 1 N–H and O–H groups in total. The molecule has 14 heavy (non-hydrogen) atoms. The van der Waals surface area contributed by atoms with E-state index in [0.29, 0.717) is 4.90 Å². The minimum Gasteiger partial charge on any atom is -0.361 e. The molecule has 3 amide bonds. The normalized spacial score (nSPS) is 17.9. The van der Waals surface area contributed by atoms with Gasteiger partial charge in [0.1, 0.15) is 12.6 Å². The van der Waals surface area contributed by atoms with Gasteiger partial charge in [0.25, 0.3) is 5.91 Å². The van der Waals surface area contributed by atoms with Crippen molar-refractivity contribution in [3.63, 3.8) is 0 Å². The first kappa shape index (κ1) is 10.0. The van der Waals surface area contributed by atoms with Gasteiger partial charge in [-0.15, -0.1) is 6.42 Å². The summed E-state index contributed by atoms with van der Waals surface area (Å²) in [6.07, 6.45) is 3.23. The summed E-state index contributed by atoms with van der Waals surface area (Å²) in [5, 5.41) is 17.4. The van der Waals surface area contributed by atoms with E-state index in [9.17, 15) is 9.59 Å². The molecule has 0 aromatic heterocycles. The minimum absolute atomic E-state index is 0.0147. The quantitative estimate of drug-likeness (QED) is 0.336. The van der Waals surface area contributed by atoms with Gasteiger partial charge in [0.05, 0.1) is 6.54 Å². The van der Waals surface area contributed by atoms with Crippen molar-refractivity contribution in [1.29, 1.82) is 5.26 Å². The zero-order chi connectivity index (χ0) is 10.7. The fraction of sp³-hybridized carbons (Fsp3) is 0.375. The number of terminal acetylenes is 1. The lowest BCUT2D eigenvalue weighted by molar-refractivity contribution is -0.129. The van der Waals surface area contributed by atoms with E-state index in [1.165, 1.54) is 6.07 Å². The van der Waals surface area contributed by atoms with E-state index in [1.807, 2.05) is 0 Å². The minimum atomic E-state index is -1.74. The van der Waals surface area contributed by atoms with Crippen LogP contribution in [0.4, 0.5) is 4.79 Å². The molecule has 0 aliphatic carbocycles. The van der Waals surface area contributed by atoms with Crippen molar-refractivity contribution < 1.29 is 14.7 Å². The molecule has 1 aliphatic rings. The number of aliphatic hydroxyl groups is 1. The summed E-state index contributed by atoms with van der Waals surface area (Å²) in [5.74, 6) is 1.57. The SMILES string of the molecule is C#CCN1CC(=O)N(C(O)C#N)C1=O.